The Morgan fingerprint density at radius 1 is 0.566 bits per heavy atom. The summed E-state index contributed by atoms with van der Waals surface area (Å²) in [6.45, 7) is 13.1. The standard InChI is InChI=1S/C48H43N3OS/c1-47(2,3)33-29-39(45(52)40(30-33)48(4,5)6)46-50-44-38(25-16-26-42(44)53-46)41-28-31-17-13-14-24-37(31)43(49-41)32-18-15-23-36(27-32)51(34-19-9-7-10-20-34)35-21-11-8-12-22-35/h7-30,52H,1-6H3. The number of anilines is 3. The lowest BCUT2D eigenvalue weighted by Crippen LogP contribution is -2.17. The van der Waals surface area contributed by atoms with Gasteiger partial charge in [0.2, 0.25) is 0 Å². The summed E-state index contributed by atoms with van der Waals surface area (Å²) in [5.41, 5.74) is 10.4. The highest BCUT2D eigenvalue weighted by atomic mass is 32.1. The molecule has 0 aliphatic heterocycles. The van der Waals surface area contributed by atoms with Crippen LogP contribution in [0.3, 0.4) is 0 Å². The zero-order chi connectivity index (χ0) is 36.9. The van der Waals surface area contributed by atoms with Crippen molar-refractivity contribution < 1.29 is 5.11 Å². The van der Waals surface area contributed by atoms with E-state index in [0.29, 0.717) is 5.75 Å². The average Bonchev–Trinajstić information content (AvgIpc) is 3.59. The molecule has 5 heteroatoms. The molecule has 2 heterocycles. The molecule has 262 valence electrons. The van der Waals surface area contributed by atoms with Gasteiger partial charge in [0.05, 0.1) is 27.2 Å². The smallest absolute Gasteiger partial charge is 0.129 e. The molecular formula is C48H43N3OS. The first-order valence-corrected chi connectivity index (χ1v) is 19.0. The van der Waals surface area contributed by atoms with Gasteiger partial charge in [-0.05, 0) is 76.4 Å². The van der Waals surface area contributed by atoms with E-state index in [2.05, 4.69) is 180 Å². The number of aromatic nitrogens is 2. The van der Waals surface area contributed by atoms with E-state index in [0.717, 1.165) is 76.7 Å². The third-order valence-electron chi connectivity index (χ3n) is 9.86. The fraction of sp³-hybridized carbons (Fsp3) is 0.167. The summed E-state index contributed by atoms with van der Waals surface area (Å²) in [5.74, 6) is 0.303. The van der Waals surface area contributed by atoms with E-state index in [9.17, 15) is 5.11 Å². The van der Waals surface area contributed by atoms with Gasteiger partial charge in [-0.3, -0.25) is 0 Å². The minimum Gasteiger partial charge on any atom is -0.507 e. The molecule has 8 aromatic rings. The van der Waals surface area contributed by atoms with Crippen LogP contribution in [0.4, 0.5) is 17.1 Å². The van der Waals surface area contributed by atoms with E-state index >= 15 is 0 Å². The molecule has 0 unspecified atom stereocenters. The van der Waals surface area contributed by atoms with Gasteiger partial charge in [0, 0.05) is 39.1 Å². The maximum atomic E-state index is 11.7. The number of fused-ring (bicyclic) bond motifs is 2. The molecule has 6 aromatic carbocycles. The van der Waals surface area contributed by atoms with E-state index in [1.807, 2.05) is 12.1 Å². The highest BCUT2D eigenvalue weighted by molar-refractivity contribution is 7.21. The van der Waals surface area contributed by atoms with Gasteiger partial charge in [-0.25, -0.2) is 9.97 Å². The second-order valence-electron chi connectivity index (χ2n) is 15.7. The van der Waals surface area contributed by atoms with Crippen LogP contribution >= 0.6 is 11.3 Å². The second kappa shape index (κ2) is 13.3. The summed E-state index contributed by atoms with van der Waals surface area (Å²) < 4.78 is 1.05. The number of thiazole rings is 1. The van der Waals surface area contributed by atoms with E-state index in [4.69, 9.17) is 9.97 Å². The highest BCUT2D eigenvalue weighted by Crippen LogP contribution is 2.45. The van der Waals surface area contributed by atoms with Crippen molar-refractivity contribution in [3.63, 3.8) is 0 Å². The van der Waals surface area contributed by atoms with Gasteiger partial charge in [-0.1, -0.05) is 133 Å². The van der Waals surface area contributed by atoms with Gasteiger partial charge in [-0.2, -0.15) is 0 Å². The topological polar surface area (TPSA) is 49.2 Å². The Kier molecular flexibility index (Phi) is 8.63. The third kappa shape index (κ3) is 6.58. The Bertz CT molecular complexity index is 2560. The lowest BCUT2D eigenvalue weighted by atomic mass is 9.79. The highest BCUT2D eigenvalue weighted by Gasteiger charge is 2.27. The van der Waals surface area contributed by atoms with Crippen LogP contribution in [0.15, 0.2) is 146 Å². The summed E-state index contributed by atoms with van der Waals surface area (Å²) in [5, 5.41) is 14.7. The SMILES string of the molecule is CC(C)(C)c1cc(-c2nc3c(-c4cc5ccccc5c(-c5cccc(N(c6ccccc6)c6ccccc6)c5)n4)cccc3s2)c(O)c(C(C)(C)C)c1. The molecule has 0 saturated carbocycles. The molecule has 0 bridgehead atoms. The zero-order valence-electron chi connectivity index (χ0n) is 31.1. The number of benzene rings is 6. The molecule has 0 radical (unpaired) electrons. The summed E-state index contributed by atoms with van der Waals surface area (Å²) in [4.78, 5) is 13.0. The van der Waals surface area contributed by atoms with E-state index in [1.54, 1.807) is 11.3 Å². The van der Waals surface area contributed by atoms with Gasteiger partial charge in [0.1, 0.15) is 10.8 Å². The molecule has 53 heavy (non-hydrogen) atoms. The normalized spacial score (nSPS) is 12.0. The molecule has 0 aliphatic rings. The number of rotatable bonds is 6. The minimum atomic E-state index is -0.232. The first kappa shape index (κ1) is 34.3. The Balaban J connectivity index is 1.29. The van der Waals surface area contributed by atoms with Crippen molar-refractivity contribution in [3.05, 3.63) is 157 Å². The van der Waals surface area contributed by atoms with Gasteiger partial charge >= 0.3 is 0 Å². The maximum Gasteiger partial charge on any atom is 0.129 e. The largest absolute Gasteiger partial charge is 0.507 e. The lowest BCUT2D eigenvalue weighted by Gasteiger charge is -2.27. The summed E-state index contributed by atoms with van der Waals surface area (Å²) in [6, 6.07) is 50.8. The molecule has 0 saturated heterocycles. The molecule has 4 nitrogen and oxygen atoms in total. The lowest BCUT2D eigenvalue weighted by molar-refractivity contribution is 0.446. The average molecular weight is 710 g/mol. The van der Waals surface area contributed by atoms with Crippen LogP contribution in [0.1, 0.15) is 52.7 Å². The first-order chi connectivity index (χ1) is 25.5. The number of phenolic OH excluding ortho intramolecular Hbond substituents is 1. The Labute approximate surface area is 316 Å². The van der Waals surface area contributed by atoms with Crippen LogP contribution in [-0.2, 0) is 10.8 Å². The predicted octanol–water partition coefficient (Wildman–Crippen LogP) is 13.6. The second-order valence-corrected chi connectivity index (χ2v) is 16.8. The Morgan fingerprint density at radius 3 is 1.89 bits per heavy atom. The molecule has 0 amide bonds. The van der Waals surface area contributed by atoms with Crippen molar-refractivity contribution in [2.45, 2.75) is 52.4 Å². The van der Waals surface area contributed by atoms with Crippen LogP contribution in [0.2, 0.25) is 0 Å². The van der Waals surface area contributed by atoms with Crippen molar-refractivity contribution >= 4 is 49.4 Å². The van der Waals surface area contributed by atoms with Crippen LogP contribution in [0, 0.1) is 0 Å². The fourth-order valence-electron chi connectivity index (χ4n) is 7.02. The van der Waals surface area contributed by atoms with E-state index in [1.165, 1.54) is 5.56 Å². The van der Waals surface area contributed by atoms with E-state index in [-0.39, 0.29) is 10.8 Å². The summed E-state index contributed by atoms with van der Waals surface area (Å²) in [6.07, 6.45) is 0. The predicted molar refractivity (Wildman–Crippen MR) is 225 cm³/mol. The van der Waals surface area contributed by atoms with Crippen molar-refractivity contribution in [1.82, 2.24) is 9.97 Å². The van der Waals surface area contributed by atoms with Crippen LogP contribution in [-0.4, -0.2) is 15.1 Å². The molecule has 1 N–H and O–H groups in total. The first-order valence-electron chi connectivity index (χ1n) is 18.1. The van der Waals surface area contributed by atoms with Crippen molar-refractivity contribution in [2.75, 3.05) is 4.90 Å². The van der Waals surface area contributed by atoms with Gasteiger partial charge in [0.15, 0.2) is 0 Å². The number of phenols is 1. The van der Waals surface area contributed by atoms with Crippen molar-refractivity contribution in [1.29, 1.82) is 0 Å². The molecular weight excluding hydrogens is 667 g/mol. The number of nitrogens with zero attached hydrogens (tertiary/aromatic N) is 3. The number of hydrogen-bond acceptors (Lipinski definition) is 5. The summed E-state index contributed by atoms with van der Waals surface area (Å²) in [7, 11) is 0. The fourth-order valence-corrected chi connectivity index (χ4v) is 8.03. The Hall–Kier alpha value is -5.78. The zero-order valence-corrected chi connectivity index (χ0v) is 31.9. The summed E-state index contributed by atoms with van der Waals surface area (Å²) >= 11 is 1.61. The third-order valence-corrected chi connectivity index (χ3v) is 10.9. The molecule has 8 rings (SSSR count). The van der Waals surface area contributed by atoms with Gasteiger partial charge in [-0.15, -0.1) is 11.3 Å². The number of aromatic hydroxyl groups is 1. The monoisotopic (exact) mass is 709 g/mol. The van der Waals surface area contributed by atoms with Gasteiger partial charge in [0.25, 0.3) is 0 Å². The number of pyridine rings is 1. The Morgan fingerprint density at radius 2 is 1.21 bits per heavy atom. The molecule has 2 aromatic heterocycles. The van der Waals surface area contributed by atoms with Crippen molar-refractivity contribution in [3.8, 4) is 38.8 Å². The van der Waals surface area contributed by atoms with Crippen LogP contribution < -0.4 is 4.90 Å². The molecule has 0 spiro atoms. The maximum absolute atomic E-state index is 11.7. The number of para-hydroxylation sites is 3. The molecule has 0 aliphatic carbocycles. The molecule has 0 fully saturated rings. The van der Waals surface area contributed by atoms with Crippen LogP contribution in [0.5, 0.6) is 5.75 Å². The van der Waals surface area contributed by atoms with Crippen LogP contribution in [0.25, 0.3) is 54.1 Å². The minimum absolute atomic E-state index is 0.0910. The molecule has 0 atom stereocenters. The van der Waals surface area contributed by atoms with Crippen molar-refractivity contribution in [2.24, 2.45) is 0 Å². The quantitative estimate of drug-likeness (QED) is 0.187. The van der Waals surface area contributed by atoms with Gasteiger partial charge < -0.3 is 10.0 Å². The van der Waals surface area contributed by atoms with E-state index < -0.39 is 0 Å². The number of hydrogen-bond donors (Lipinski definition) is 1.